The Hall–Kier alpha value is -3.02. The fraction of sp³-hybridized carbons (Fsp3) is 0.176. The maximum absolute atomic E-state index is 12.2. The minimum absolute atomic E-state index is 0.156. The van der Waals surface area contributed by atoms with E-state index in [1.54, 1.807) is 26.4 Å². The molecule has 1 amide bonds. The second-order valence-corrected chi connectivity index (χ2v) is 5.02. The van der Waals surface area contributed by atoms with Gasteiger partial charge in [0, 0.05) is 0 Å². The van der Waals surface area contributed by atoms with E-state index >= 15 is 0 Å². The summed E-state index contributed by atoms with van der Waals surface area (Å²) in [5.74, 6) is 1.52. The highest BCUT2D eigenvalue weighted by molar-refractivity contribution is 5.92. The number of amides is 1. The van der Waals surface area contributed by atoms with Gasteiger partial charge >= 0.3 is 0 Å². The molecular weight excluding hydrogens is 294 g/mol. The number of aromatic nitrogens is 2. The summed E-state index contributed by atoms with van der Waals surface area (Å²) in [5.41, 5.74) is 2.53. The van der Waals surface area contributed by atoms with Crippen molar-refractivity contribution in [2.24, 2.45) is 0 Å². The first kappa shape index (κ1) is 14.9. The fourth-order valence-corrected chi connectivity index (χ4v) is 2.36. The Morgan fingerprint density at radius 1 is 1.13 bits per heavy atom. The predicted molar refractivity (Wildman–Crippen MR) is 88.0 cm³/mol. The van der Waals surface area contributed by atoms with E-state index in [1.807, 2.05) is 30.3 Å². The Morgan fingerprint density at radius 2 is 1.91 bits per heavy atom. The molecule has 0 bridgehead atoms. The van der Waals surface area contributed by atoms with Gasteiger partial charge in [-0.1, -0.05) is 18.2 Å². The monoisotopic (exact) mass is 311 g/mol. The minimum Gasteiger partial charge on any atom is -0.493 e. The van der Waals surface area contributed by atoms with Crippen LogP contribution in [0, 0.1) is 0 Å². The molecular formula is C17H17N3O3. The highest BCUT2D eigenvalue weighted by Gasteiger charge is 2.10. The van der Waals surface area contributed by atoms with Crippen LogP contribution in [-0.2, 0) is 11.2 Å². The van der Waals surface area contributed by atoms with Crippen molar-refractivity contribution in [3.8, 4) is 11.5 Å². The van der Waals surface area contributed by atoms with Gasteiger partial charge in [0.25, 0.3) is 0 Å². The summed E-state index contributed by atoms with van der Waals surface area (Å²) < 4.78 is 10.4. The Bertz CT molecular complexity index is 809. The first-order valence-corrected chi connectivity index (χ1v) is 7.15. The summed E-state index contributed by atoms with van der Waals surface area (Å²) in [6.45, 7) is 0. The summed E-state index contributed by atoms with van der Waals surface area (Å²) in [7, 11) is 3.14. The molecule has 1 aromatic heterocycles. The Kier molecular flexibility index (Phi) is 4.14. The molecule has 0 aliphatic carbocycles. The highest BCUT2D eigenvalue weighted by atomic mass is 16.5. The molecule has 3 aromatic rings. The average Bonchev–Trinajstić information content (AvgIpc) is 2.96. The van der Waals surface area contributed by atoms with Crippen molar-refractivity contribution in [1.29, 1.82) is 0 Å². The van der Waals surface area contributed by atoms with Gasteiger partial charge in [-0.05, 0) is 29.8 Å². The van der Waals surface area contributed by atoms with E-state index in [0.29, 0.717) is 17.4 Å². The number of aromatic amines is 1. The number of nitrogens with zero attached hydrogens (tertiary/aromatic N) is 1. The smallest absolute Gasteiger partial charge is 0.231 e. The van der Waals surface area contributed by atoms with Crippen LogP contribution >= 0.6 is 0 Å². The molecule has 0 unspecified atom stereocenters. The number of nitrogens with one attached hydrogen (secondary N) is 2. The number of H-pyrrole nitrogens is 1. The fourth-order valence-electron chi connectivity index (χ4n) is 2.36. The molecule has 2 aromatic carbocycles. The average molecular weight is 311 g/mol. The van der Waals surface area contributed by atoms with E-state index in [-0.39, 0.29) is 12.3 Å². The number of carbonyl (C=O) groups excluding carboxylic acids is 1. The lowest BCUT2D eigenvalue weighted by molar-refractivity contribution is -0.115. The number of anilines is 1. The second-order valence-electron chi connectivity index (χ2n) is 5.02. The molecule has 6 nitrogen and oxygen atoms in total. The third-order valence-electron chi connectivity index (χ3n) is 3.46. The van der Waals surface area contributed by atoms with Crippen LogP contribution < -0.4 is 14.8 Å². The van der Waals surface area contributed by atoms with E-state index in [9.17, 15) is 4.79 Å². The van der Waals surface area contributed by atoms with Crippen LogP contribution in [0.1, 0.15) is 5.56 Å². The number of fused-ring (bicyclic) bond motifs is 1. The van der Waals surface area contributed by atoms with E-state index in [0.717, 1.165) is 16.6 Å². The summed E-state index contributed by atoms with van der Waals surface area (Å²) in [6, 6.07) is 13.0. The lowest BCUT2D eigenvalue weighted by Crippen LogP contribution is -2.15. The lowest BCUT2D eigenvalue weighted by atomic mass is 10.1. The molecule has 2 N–H and O–H groups in total. The van der Waals surface area contributed by atoms with E-state index in [2.05, 4.69) is 15.3 Å². The number of ether oxygens (including phenoxy) is 2. The lowest BCUT2D eigenvalue weighted by Gasteiger charge is -2.09. The van der Waals surface area contributed by atoms with Gasteiger partial charge in [-0.15, -0.1) is 0 Å². The number of imidazole rings is 1. The van der Waals surface area contributed by atoms with Crippen LogP contribution in [0.15, 0.2) is 42.5 Å². The summed E-state index contributed by atoms with van der Waals surface area (Å²) in [5, 5.41) is 2.77. The Balaban J connectivity index is 1.71. The summed E-state index contributed by atoms with van der Waals surface area (Å²) >= 11 is 0. The van der Waals surface area contributed by atoms with Crippen molar-refractivity contribution < 1.29 is 14.3 Å². The quantitative estimate of drug-likeness (QED) is 0.759. The molecule has 23 heavy (non-hydrogen) atoms. The maximum atomic E-state index is 12.2. The van der Waals surface area contributed by atoms with Gasteiger partial charge in [-0.2, -0.15) is 0 Å². The van der Waals surface area contributed by atoms with Crippen molar-refractivity contribution >= 4 is 22.9 Å². The third kappa shape index (κ3) is 3.26. The topological polar surface area (TPSA) is 76.2 Å². The molecule has 0 fully saturated rings. The number of methoxy groups -OCH3 is 2. The van der Waals surface area contributed by atoms with Crippen molar-refractivity contribution in [2.75, 3.05) is 19.5 Å². The maximum Gasteiger partial charge on any atom is 0.231 e. The number of benzene rings is 2. The molecule has 3 rings (SSSR count). The first-order valence-electron chi connectivity index (χ1n) is 7.15. The molecule has 0 saturated heterocycles. The van der Waals surface area contributed by atoms with Crippen molar-refractivity contribution in [1.82, 2.24) is 9.97 Å². The van der Waals surface area contributed by atoms with Crippen LogP contribution in [-0.4, -0.2) is 30.1 Å². The molecule has 0 spiro atoms. The number of para-hydroxylation sites is 2. The van der Waals surface area contributed by atoms with E-state index in [4.69, 9.17) is 9.47 Å². The molecule has 1 heterocycles. The molecule has 6 heteroatoms. The minimum atomic E-state index is -0.156. The molecule has 0 aliphatic rings. The molecule has 118 valence electrons. The van der Waals surface area contributed by atoms with Gasteiger partial charge in [0.05, 0.1) is 31.7 Å². The predicted octanol–water partition coefficient (Wildman–Crippen LogP) is 2.76. The van der Waals surface area contributed by atoms with Crippen LogP contribution in [0.5, 0.6) is 11.5 Å². The number of rotatable bonds is 5. The van der Waals surface area contributed by atoms with Gasteiger partial charge in [-0.3, -0.25) is 10.1 Å². The van der Waals surface area contributed by atoms with Gasteiger partial charge in [0.15, 0.2) is 11.5 Å². The second kappa shape index (κ2) is 6.39. The Labute approximate surface area is 133 Å². The van der Waals surface area contributed by atoms with E-state index in [1.165, 1.54) is 0 Å². The standard InChI is InChI=1S/C17H17N3O3/c1-22-14-8-7-11(9-15(14)23-2)10-16(21)20-17-18-12-5-3-4-6-13(12)19-17/h3-9H,10H2,1-2H3,(H2,18,19,20,21). The van der Waals surface area contributed by atoms with Crippen LogP contribution in [0.4, 0.5) is 5.95 Å². The molecule has 0 aliphatic heterocycles. The number of hydrogen-bond acceptors (Lipinski definition) is 4. The van der Waals surface area contributed by atoms with Crippen molar-refractivity contribution in [3.63, 3.8) is 0 Å². The highest BCUT2D eigenvalue weighted by Crippen LogP contribution is 2.27. The normalized spacial score (nSPS) is 10.5. The zero-order valence-corrected chi connectivity index (χ0v) is 12.9. The van der Waals surface area contributed by atoms with Gasteiger partial charge < -0.3 is 14.5 Å². The molecule has 0 saturated carbocycles. The summed E-state index contributed by atoms with van der Waals surface area (Å²) in [6.07, 6.45) is 0.220. The first-order chi connectivity index (χ1) is 11.2. The SMILES string of the molecule is COc1ccc(CC(=O)Nc2nc3ccccc3[nH]2)cc1OC. The van der Waals surface area contributed by atoms with Gasteiger partial charge in [-0.25, -0.2) is 4.98 Å². The number of carbonyl (C=O) groups is 1. The van der Waals surface area contributed by atoms with Gasteiger partial charge in [0.1, 0.15) is 0 Å². The van der Waals surface area contributed by atoms with Crippen molar-refractivity contribution in [2.45, 2.75) is 6.42 Å². The number of hydrogen-bond donors (Lipinski definition) is 2. The zero-order chi connectivity index (χ0) is 16.2. The van der Waals surface area contributed by atoms with Crippen LogP contribution in [0.25, 0.3) is 11.0 Å². The zero-order valence-electron chi connectivity index (χ0n) is 12.9. The van der Waals surface area contributed by atoms with E-state index < -0.39 is 0 Å². The Morgan fingerprint density at radius 3 is 2.65 bits per heavy atom. The molecule has 0 radical (unpaired) electrons. The van der Waals surface area contributed by atoms with Crippen LogP contribution in [0.2, 0.25) is 0 Å². The van der Waals surface area contributed by atoms with Crippen LogP contribution in [0.3, 0.4) is 0 Å². The largest absolute Gasteiger partial charge is 0.493 e. The molecule has 0 atom stereocenters. The van der Waals surface area contributed by atoms with Crippen molar-refractivity contribution in [3.05, 3.63) is 48.0 Å². The third-order valence-corrected chi connectivity index (χ3v) is 3.46. The van der Waals surface area contributed by atoms with Gasteiger partial charge in [0.2, 0.25) is 11.9 Å². The summed E-state index contributed by atoms with van der Waals surface area (Å²) in [4.78, 5) is 19.6.